The minimum Gasteiger partial charge on any atom is -0.465 e. The molecular weight excluding hydrogens is 349 g/mol. The van der Waals surface area contributed by atoms with E-state index in [1.54, 1.807) is 0 Å². The standard InChI is InChI=1S/C18H28BN3O5/c1-17(2)18(3,4)27-19(26-17)15-13-11-21(16(23)24)8-5-14(13)22(20-15)12-6-9-25-10-7-12/h12H,5-11H2,1-4H3,(H,23,24). The van der Waals surface area contributed by atoms with Crippen LogP contribution in [0.4, 0.5) is 4.79 Å². The Kier molecular flexibility index (Phi) is 4.52. The number of amides is 1. The van der Waals surface area contributed by atoms with Gasteiger partial charge in [0.1, 0.15) is 0 Å². The Hall–Kier alpha value is -1.58. The van der Waals surface area contributed by atoms with E-state index in [4.69, 9.17) is 19.1 Å². The van der Waals surface area contributed by atoms with Gasteiger partial charge < -0.3 is 24.1 Å². The molecule has 1 N–H and O–H groups in total. The molecule has 3 aliphatic heterocycles. The van der Waals surface area contributed by atoms with Crippen LogP contribution in [-0.2, 0) is 27.0 Å². The van der Waals surface area contributed by atoms with Crippen LogP contribution in [0.2, 0.25) is 0 Å². The average Bonchev–Trinajstić information content (AvgIpc) is 3.09. The maximum absolute atomic E-state index is 11.5. The van der Waals surface area contributed by atoms with Crippen LogP contribution in [0.5, 0.6) is 0 Å². The first kappa shape index (κ1) is 18.8. The summed E-state index contributed by atoms with van der Waals surface area (Å²) in [5.74, 6) is 0. The lowest BCUT2D eigenvalue weighted by Crippen LogP contribution is -2.42. The molecule has 0 bridgehead atoms. The maximum atomic E-state index is 11.5. The van der Waals surface area contributed by atoms with Crippen molar-refractivity contribution in [3.63, 3.8) is 0 Å². The fourth-order valence-electron chi connectivity index (χ4n) is 4.01. The molecule has 1 aromatic heterocycles. The van der Waals surface area contributed by atoms with Gasteiger partial charge in [-0.25, -0.2) is 4.79 Å². The van der Waals surface area contributed by atoms with Gasteiger partial charge in [0.05, 0.1) is 29.4 Å². The Bertz CT molecular complexity index is 726. The highest BCUT2D eigenvalue weighted by Gasteiger charge is 2.54. The fourth-order valence-corrected chi connectivity index (χ4v) is 4.01. The molecular formula is C18H28BN3O5. The molecule has 148 valence electrons. The van der Waals surface area contributed by atoms with Crippen LogP contribution in [-0.4, -0.2) is 64.0 Å². The van der Waals surface area contributed by atoms with Crippen molar-refractivity contribution in [3.8, 4) is 0 Å². The van der Waals surface area contributed by atoms with Crippen molar-refractivity contribution in [3.05, 3.63) is 11.3 Å². The van der Waals surface area contributed by atoms with Crippen molar-refractivity contribution in [2.75, 3.05) is 19.8 Å². The highest BCUT2D eigenvalue weighted by atomic mass is 16.7. The number of nitrogens with zero attached hydrogens (tertiary/aromatic N) is 3. The Morgan fingerprint density at radius 1 is 1.19 bits per heavy atom. The molecule has 4 rings (SSSR count). The summed E-state index contributed by atoms with van der Waals surface area (Å²) in [6, 6.07) is 0.278. The Balaban J connectivity index is 1.73. The van der Waals surface area contributed by atoms with E-state index >= 15 is 0 Å². The van der Waals surface area contributed by atoms with Crippen molar-refractivity contribution in [1.29, 1.82) is 0 Å². The van der Waals surface area contributed by atoms with Crippen LogP contribution in [0.15, 0.2) is 0 Å². The largest absolute Gasteiger partial charge is 0.516 e. The van der Waals surface area contributed by atoms with Crippen LogP contribution in [0.1, 0.15) is 57.8 Å². The van der Waals surface area contributed by atoms with Gasteiger partial charge >= 0.3 is 13.2 Å². The van der Waals surface area contributed by atoms with E-state index in [2.05, 4.69) is 4.68 Å². The molecule has 1 amide bonds. The number of rotatable bonds is 2. The number of fused-ring (bicyclic) bond motifs is 1. The third-order valence-corrected chi connectivity index (χ3v) is 6.40. The van der Waals surface area contributed by atoms with Gasteiger partial charge in [0.25, 0.3) is 0 Å². The molecule has 3 aliphatic rings. The molecule has 27 heavy (non-hydrogen) atoms. The second-order valence-corrected chi connectivity index (χ2v) is 8.64. The van der Waals surface area contributed by atoms with Gasteiger partial charge in [0.15, 0.2) is 0 Å². The molecule has 0 spiro atoms. The molecule has 0 aromatic carbocycles. The lowest BCUT2D eigenvalue weighted by molar-refractivity contribution is 0.00578. The van der Waals surface area contributed by atoms with E-state index in [1.165, 1.54) is 4.90 Å². The minimum absolute atomic E-state index is 0.278. The molecule has 2 fully saturated rings. The summed E-state index contributed by atoms with van der Waals surface area (Å²) in [6.07, 6.45) is 1.59. The Labute approximate surface area is 159 Å². The molecule has 0 radical (unpaired) electrons. The molecule has 8 nitrogen and oxygen atoms in total. The SMILES string of the molecule is CC1(C)OB(c2nn(C3CCOCC3)c3c2CN(C(=O)O)CC3)OC1(C)C. The predicted molar refractivity (Wildman–Crippen MR) is 99.2 cm³/mol. The van der Waals surface area contributed by atoms with Crippen molar-refractivity contribution in [2.24, 2.45) is 0 Å². The van der Waals surface area contributed by atoms with Gasteiger partial charge in [-0.15, -0.1) is 0 Å². The second-order valence-electron chi connectivity index (χ2n) is 8.64. The molecule has 1 aromatic rings. The molecule has 0 saturated carbocycles. The van der Waals surface area contributed by atoms with Gasteiger partial charge in [-0.1, -0.05) is 0 Å². The minimum atomic E-state index is -0.903. The van der Waals surface area contributed by atoms with E-state index in [9.17, 15) is 9.90 Å². The lowest BCUT2D eigenvalue weighted by atomic mass is 9.80. The molecule has 4 heterocycles. The van der Waals surface area contributed by atoms with Gasteiger partial charge in [-0.05, 0) is 40.5 Å². The van der Waals surface area contributed by atoms with Crippen molar-refractivity contribution in [2.45, 2.75) is 70.7 Å². The van der Waals surface area contributed by atoms with Crippen LogP contribution in [0.3, 0.4) is 0 Å². The number of aromatic nitrogens is 2. The summed E-state index contributed by atoms with van der Waals surface area (Å²) in [5, 5.41) is 14.4. The van der Waals surface area contributed by atoms with Gasteiger partial charge in [0, 0.05) is 37.4 Å². The maximum Gasteiger partial charge on any atom is 0.516 e. The quantitative estimate of drug-likeness (QED) is 0.788. The summed E-state index contributed by atoms with van der Waals surface area (Å²) in [7, 11) is -0.585. The average molecular weight is 377 g/mol. The van der Waals surface area contributed by atoms with Crippen LogP contribution < -0.4 is 5.59 Å². The summed E-state index contributed by atoms with van der Waals surface area (Å²) in [6.45, 7) is 10.3. The summed E-state index contributed by atoms with van der Waals surface area (Å²) in [4.78, 5) is 13.0. The number of hydrogen-bond donors (Lipinski definition) is 1. The van der Waals surface area contributed by atoms with Gasteiger partial charge in [-0.3, -0.25) is 4.68 Å². The van der Waals surface area contributed by atoms with E-state index in [0.717, 1.165) is 42.9 Å². The molecule has 0 atom stereocenters. The van der Waals surface area contributed by atoms with Gasteiger partial charge in [-0.2, -0.15) is 5.10 Å². The Morgan fingerprint density at radius 2 is 1.81 bits per heavy atom. The van der Waals surface area contributed by atoms with E-state index in [1.807, 2.05) is 27.7 Å². The number of carbonyl (C=O) groups is 1. The third kappa shape index (κ3) is 3.15. The Morgan fingerprint density at radius 3 is 2.41 bits per heavy atom. The van der Waals surface area contributed by atoms with E-state index < -0.39 is 24.4 Å². The lowest BCUT2D eigenvalue weighted by Gasteiger charge is -2.32. The summed E-state index contributed by atoms with van der Waals surface area (Å²) < 4.78 is 20.0. The number of hydrogen-bond acceptors (Lipinski definition) is 5. The van der Waals surface area contributed by atoms with Gasteiger partial charge in [0.2, 0.25) is 0 Å². The van der Waals surface area contributed by atoms with Crippen molar-refractivity contribution in [1.82, 2.24) is 14.7 Å². The molecule has 9 heteroatoms. The summed E-state index contributed by atoms with van der Waals surface area (Å²) >= 11 is 0. The zero-order valence-corrected chi connectivity index (χ0v) is 16.5. The van der Waals surface area contributed by atoms with Crippen LogP contribution in [0.25, 0.3) is 0 Å². The van der Waals surface area contributed by atoms with E-state index in [0.29, 0.717) is 19.5 Å². The van der Waals surface area contributed by atoms with Crippen molar-refractivity contribution < 1.29 is 23.9 Å². The number of carboxylic acid groups (broad SMARTS) is 1. The third-order valence-electron chi connectivity index (χ3n) is 6.40. The fraction of sp³-hybridized carbons (Fsp3) is 0.778. The molecule has 0 unspecified atom stereocenters. The second kappa shape index (κ2) is 6.50. The first-order valence-corrected chi connectivity index (χ1v) is 9.71. The highest BCUT2D eigenvalue weighted by Crippen LogP contribution is 2.37. The zero-order valence-electron chi connectivity index (χ0n) is 16.5. The molecule has 0 aliphatic carbocycles. The van der Waals surface area contributed by atoms with Crippen LogP contribution in [0, 0.1) is 0 Å². The first-order chi connectivity index (χ1) is 12.7. The number of ether oxygens (including phenoxy) is 1. The molecule has 2 saturated heterocycles. The van der Waals surface area contributed by atoms with Crippen molar-refractivity contribution >= 4 is 18.8 Å². The monoisotopic (exact) mass is 377 g/mol. The smallest absolute Gasteiger partial charge is 0.465 e. The van der Waals surface area contributed by atoms with Crippen LogP contribution >= 0.6 is 0 Å². The highest BCUT2D eigenvalue weighted by molar-refractivity contribution is 6.61. The predicted octanol–water partition coefficient (Wildman–Crippen LogP) is 1.57. The zero-order chi connectivity index (χ0) is 19.4. The normalized spacial score (nSPS) is 24.9. The van der Waals surface area contributed by atoms with E-state index in [-0.39, 0.29) is 6.04 Å². The first-order valence-electron chi connectivity index (χ1n) is 9.71. The summed E-state index contributed by atoms with van der Waals surface area (Å²) in [5.41, 5.74) is 1.85. The topological polar surface area (TPSA) is 86.1 Å².